The van der Waals surface area contributed by atoms with E-state index in [1.807, 2.05) is 20.8 Å². The second kappa shape index (κ2) is 50.6. The van der Waals surface area contributed by atoms with Gasteiger partial charge >= 0.3 is 36.2 Å². The molecule has 0 saturated carbocycles. The van der Waals surface area contributed by atoms with Gasteiger partial charge in [-0.25, -0.2) is 41.9 Å². The predicted molar refractivity (Wildman–Crippen MR) is 471 cm³/mol. The smallest absolute Gasteiger partial charge is 0.407 e. The molecule has 752 valence electrons. The number of rotatable bonds is 13. The molecule has 0 aliphatic carbocycles. The topological polar surface area (TPSA) is 625 Å². The van der Waals surface area contributed by atoms with Crippen molar-refractivity contribution in [2.75, 3.05) is 75.6 Å². The number of methoxy groups -OCH3 is 5. The van der Waals surface area contributed by atoms with E-state index in [4.69, 9.17) is 73.3 Å². The summed E-state index contributed by atoms with van der Waals surface area (Å²) in [6.45, 7) is 28.8. The van der Waals surface area contributed by atoms with Gasteiger partial charge in [0.1, 0.15) is 69.4 Å². The van der Waals surface area contributed by atoms with Crippen molar-refractivity contribution in [3.05, 3.63) is 139 Å². The molecule has 0 radical (unpaired) electrons. The number of azide groups is 2. The molecular formula is C86H126F3N15O31. The van der Waals surface area contributed by atoms with Crippen molar-refractivity contribution < 1.29 is 147 Å². The first-order chi connectivity index (χ1) is 62.7. The molecule has 11 N–H and O–H groups in total. The molecule has 19 atom stereocenters. The van der Waals surface area contributed by atoms with Crippen LogP contribution in [0.3, 0.4) is 0 Å². The lowest BCUT2D eigenvalue weighted by molar-refractivity contribution is -0.201. The Bertz CT molecular complexity index is 5060. The molecule has 1 aromatic carbocycles. The number of halogens is 3. The van der Waals surface area contributed by atoms with E-state index in [-0.39, 0.29) is 121 Å². The van der Waals surface area contributed by atoms with Gasteiger partial charge in [0.05, 0.1) is 121 Å². The number of likely N-dealkylation sites (N-methyl/N-ethyl adjacent to an activating group) is 1. The number of ether oxygens (including phenoxy) is 14. The molecule has 8 aliphatic heterocycles. The Morgan fingerprint density at radius 2 is 1.01 bits per heavy atom. The third-order valence-electron chi connectivity index (χ3n) is 21.7. The molecule has 11 heterocycles. The Hall–Kier alpha value is -11.9. The van der Waals surface area contributed by atoms with Crippen molar-refractivity contribution in [2.24, 2.45) is 16.0 Å². The molecule has 4 aromatic rings. The van der Waals surface area contributed by atoms with Crippen LogP contribution in [0.4, 0.5) is 27.6 Å². The van der Waals surface area contributed by atoms with Crippen molar-refractivity contribution >= 4 is 53.9 Å². The molecule has 6 amide bonds. The average molecular weight is 1920 g/mol. The van der Waals surface area contributed by atoms with Gasteiger partial charge in [-0.3, -0.25) is 28.8 Å². The Morgan fingerprint density at radius 1 is 0.563 bits per heavy atom. The maximum Gasteiger partial charge on any atom is 0.407 e. The van der Waals surface area contributed by atoms with Gasteiger partial charge in [0.15, 0.2) is 29.2 Å². The number of benzene rings is 1. The van der Waals surface area contributed by atoms with Crippen molar-refractivity contribution in [3.63, 3.8) is 0 Å². The number of carbonyl (C=O) groups excluding carboxylic acids is 9. The van der Waals surface area contributed by atoms with Gasteiger partial charge in [0.2, 0.25) is 22.0 Å². The maximum atomic E-state index is 13.8. The van der Waals surface area contributed by atoms with Gasteiger partial charge in [0.25, 0.3) is 23.5 Å². The molecule has 3 aromatic heterocycles. The minimum atomic E-state index is -1.19. The Morgan fingerprint density at radius 3 is 1.53 bits per heavy atom. The second-order valence-electron chi connectivity index (χ2n) is 34.7. The second-order valence-corrected chi connectivity index (χ2v) is 34.7. The van der Waals surface area contributed by atoms with Crippen LogP contribution in [0.5, 0.6) is 17.2 Å². The van der Waals surface area contributed by atoms with Gasteiger partial charge < -0.3 is 138 Å². The van der Waals surface area contributed by atoms with Gasteiger partial charge in [-0.05, 0) is 147 Å². The maximum absolute atomic E-state index is 13.8. The molecule has 0 bridgehead atoms. The predicted octanol–water partition coefficient (Wildman–Crippen LogP) is 7.25. The van der Waals surface area contributed by atoms with Crippen molar-refractivity contribution in [1.29, 1.82) is 0 Å². The zero-order valence-corrected chi connectivity index (χ0v) is 78.4. The van der Waals surface area contributed by atoms with Gasteiger partial charge in [-0.2, -0.15) is 0 Å². The molecule has 5 unspecified atom stereocenters. The standard InChI is InChI=1S/C21H20F3N3O5.C15H18N2O6.C11H20N4O3.C11H21NO5.C11H21NO4.C10H10O7.C6H12N4O.CH4/c1-9-16-15(3-4-32-9)27-8-12(18(28)19(29)17(27)21(31)26(16)2)20(30)25-7-11-13(23)5-10(22)6-14(11)24;1-7-10-9(4-5-23-7)17-6-8(15(20)22-3)12(18)13(21-2)11(17)14(19)16-10;1-7-9(14-15-12)8(5-6-17-7)13-10(16)18-11(2,3)4;1-6-9(14)7(5-8(13)16-6)12-10(15)17-11(2,3)4;1-7-9(13)8(5-6-15-7)12-10(14)16-11(2,3)4;1-14-7-6(11)5(9(12)15-2)4-17-8(7)10(13)16-3;1-4-6(9-10-8)5(7)2-3-11-4;/h5-6,8-9,15-16,29H,3-4,7H2,1-2H3,(H,25,30);6-7,9-10H,4-5H2,1-3H3,(H,16,19);7-9H,5-6H2,1-4H3,(H,13,16);6-9,13-14H,5H2,1-4H3,(H,12,15);7-9,13H,5-6H2,1-4H3,(H,12,14);4H,1-3H3;4-6H,2-3,7H2,1H3;1H4/t9-,15?,16?;7-,9?,10?;7-,8-,9+;6-,7-,8?,9-;7-,8-,9-;;4-,5-,6+;/m00000.0./s1. The molecule has 49 heteroatoms. The Balaban J connectivity index is 0.000000285. The van der Waals surface area contributed by atoms with Crippen LogP contribution in [-0.4, -0.2) is 284 Å². The number of nitrogens with two attached hydrogens (primary N) is 1. The lowest BCUT2D eigenvalue weighted by Crippen LogP contribution is -2.57. The van der Waals surface area contributed by atoms with Crippen molar-refractivity contribution in [2.45, 2.75) is 289 Å². The summed E-state index contributed by atoms with van der Waals surface area (Å²) in [7, 11) is 7.44. The highest BCUT2D eigenvalue weighted by Gasteiger charge is 2.47. The number of hydrogen-bond acceptors (Lipinski definition) is 34. The van der Waals surface area contributed by atoms with Crippen LogP contribution in [0.25, 0.3) is 20.9 Å². The number of aromatic nitrogens is 2. The highest BCUT2D eigenvalue weighted by atomic mass is 19.1. The van der Waals surface area contributed by atoms with E-state index in [0.29, 0.717) is 70.9 Å². The van der Waals surface area contributed by atoms with Gasteiger partial charge in [-0.15, -0.1) is 0 Å². The van der Waals surface area contributed by atoms with Crippen LogP contribution in [0.15, 0.2) is 59.8 Å². The zero-order chi connectivity index (χ0) is 101. The number of pyridine rings is 2. The van der Waals surface area contributed by atoms with Crippen LogP contribution < -0.4 is 58.1 Å². The summed E-state index contributed by atoms with van der Waals surface area (Å²) >= 11 is 0. The minimum absolute atomic E-state index is 0. The minimum Gasteiger partial charge on any atom is -0.503 e. The monoisotopic (exact) mass is 1920 g/mol. The molecule has 6 saturated heterocycles. The normalized spacial score (nSPS) is 25.7. The quantitative estimate of drug-likeness (QED) is 0.0207. The molecule has 0 spiro atoms. The number of carbonyl (C=O) groups is 9. The van der Waals surface area contributed by atoms with Gasteiger partial charge in [-0.1, -0.05) is 17.7 Å². The summed E-state index contributed by atoms with van der Waals surface area (Å²) in [6, 6.07) is -1.92. The SMILES string of the molecule is C.COC(=O)c1cn2c(c(OC)c1=O)C(=O)NC1C2CCO[C@H]1C.COC(=O)c1occ(C(=O)OC)c(=O)c1OC.C[C@@H]1OC(O)C[C@H](NC(=O)OC(C)(C)C)[C@H]1O.C[C@@H]1OCCC2C1N(C)C(=O)c1c(O)c(=O)c(C(=O)NCc3c(F)cc(F)cc3F)cn12.C[C@@H]1OCC[C@H](N)[C@@H]1N=[N+]=[N-].C[C@@H]1OCC[C@H](NC(=O)OC(C)(C)C)[C@@H]1N=[N+]=[N-].C[C@@H]1OCC[C@H](NC(=O)OC(C)(C)C)[C@H]1O. The number of aromatic hydroxyl groups is 1. The summed E-state index contributed by atoms with van der Waals surface area (Å²) in [5.41, 5.74) is 16.5. The summed E-state index contributed by atoms with van der Waals surface area (Å²) in [5, 5.41) is 59.7. The number of alkyl carbamates (subject to hydrolysis) is 3. The number of esters is 3. The Kier molecular flexibility index (Phi) is 42.6. The molecule has 46 nitrogen and oxygen atoms in total. The van der Waals surface area contributed by atoms with Crippen molar-refractivity contribution in [3.8, 4) is 17.2 Å². The van der Waals surface area contributed by atoms with E-state index < -0.39 is 176 Å². The molecule has 12 rings (SSSR count). The van der Waals surface area contributed by atoms with Gasteiger partial charge in [0, 0.05) is 105 Å². The Labute approximate surface area is 775 Å². The molecule has 6 fully saturated rings. The first kappa shape index (κ1) is 114. The van der Waals surface area contributed by atoms with E-state index in [9.17, 15) is 91.1 Å². The highest BCUT2D eigenvalue weighted by Crippen LogP contribution is 2.38. The lowest BCUT2D eigenvalue weighted by Gasteiger charge is -2.47. The number of hydrogen-bond donors (Lipinski definition) is 10. The number of fused-ring (bicyclic) bond motifs is 6. The number of aliphatic hydroxyl groups excluding tert-OH is 3. The summed E-state index contributed by atoms with van der Waals surface area (Å²) in [4.78, 5) is 151. The van der Waals surface area contributed by atoms with Crippen LogP contribution >= 0.6 is 0 Å². The third-order valence-corrected chi connectivity index (χ3v) is 21.7. The fourth-order valence-electron chi connectivity index (χ4n) is 15.1. The van der Waals surface area contributed by atoms with Crippen LogP contribution in [0.1, 0.15) is 230 Å². The van der Waals surface area contributed by atoms with Crippen molar-refractivity contribution in [1.82, 2.24) is 40.6 Å². The number of aliphatic hydroxyl groups is 3. The summed E-state index contributed by atoms with van der Waals surface area (Å²) in [5.74, 6) is -9.89. The van der Waals surface area contributed by atoms with E-state index in [1.165, 1.54) is 43.2 Å². The lowest BCUT2D eigenvalue weighted by atomic mass is 9.92. The highest BCUT2D eigenvalue weighted by molar-refractivity contribution is 6.00. The van der Waals surface area contributed by atoms with E-state index in [1.54, 1.807) is 94.7 Å². The van der Waals surface area contributed by atoms with Crippen LogP contribution in [0.2, 0.25) is 0 Å². The first-order valence-electron chi connectivity index (χ1n) is 42.6. The summed E-state index contributed by atoms with van der Waals surface area (Å²) < 4.78 is 119. The molecular weight excluding hydrogens is 1800 g/mol. The van der Waals surface area contributed by atoms with Crippen LogP contribution in [-0.2, 0) is 63.4 Å². The number of nitrogens with one attached hydrogen (secondary N) is 5. The number of nitrogens with zero attached hydrogens (tertiary/aromatic N) is 9. The fraction of sp³-hybridized carbons (Fsp3) is 0.651. The number of amides is 6. The summed E-state index contributed by atoms with van der Waals surface area (Å²) in [6.07, 6.45) is 0.969. The van der Waals surface area contributed by atoms with E-state index in [0.717, 1.165) is 26.9 Å². The molecule has 8 aliphatic rings. The third kappa shape index (κ3) is 30.8. The van der Waals surface area contributed by atoms with E-state index in [2.05, 4.69) is 60.8 Å². The first-order valence-corrected chi connectivity index (χ1v) is 42.6. The largest absolute Gasteiger partial charge is 0.503 e. The zero-order valence-electron chi connectivity index (χ0n) is 78.4. The van der Waals surface area contributed by atoms with Crippen LogP contribution in [0, 0.1) is 17.5 Å². The van der Waals surface area contributed by atoms with E-state index >= 15 is 0 Å². The molecule has 135 heavy (non-hydrogen) atoms. The average Bonchev–Trinajstić information content (AvgIpc) is 0.736. The fourth-order valence-corrected chi connectivity index (χ4v) is 15.1.